The first-order valence-electron chi connectivity index (χ1n) is 10.2. The van der Waals surface area contributed by atoms with Gasteiger partial charge in [-0.3, -0.25) is 4.90 Å². The smallest absolute Gasteiger partial charge is 0.114 e. The van der Waals surface area contributed by atoms with E-state index >= 15 is 0 Å². The lowest BCUT2D eigenvalue weighted by Gasteiger charge is -2.26. The number of ether oxygens (including phenoxy) is 2. The molecule has 1 aliphatic heterocycles. The first kappa shape index (κ1) is 21.0. The largest absolute Gasteiger partial charge is 0.382 e. The van der Waals surface area contributed by atoms with Crippen molar-refractivity contribution in [2.75, 3.05) is 39.1 Å². The van der Waals surface area contributed by atoms with Gasteiger partial charge in [-0.05, 0) is 43.0 Å². The fraction of sp³-hybridized carbons (Fsp3) is 0.417. The summed E-state index contributed by atoms with van der Waals surface area (Å²) in [4.78, 5) is 2.49. The second kappa shape index (κ2) is 11.3. The van der Waals surface area contributed by atoms with Gasteiger partial charge in [-0.2, -0.15) is 0 Å². The monoisotopic (exact) mass is 393 g/mol. The van der Waals surface area contributed by atoms with Crippen LogP contribution in [0.4, 0.5) is 0 Å². The Morgan fingerprint density at radius 3 is 2.46 bits per heavy atom. The van der Waals surface area contributed by atoms with Crippen LogP contribution in [0.5, 0.6) is 0 Å². The van der Waals surface area contributed by atoms with Gasteiger partial charge >= 0.3 is 0 Å². The number of nitrogens with zero attached hydrogens (tertiary/aromatic N) is 1. The summed E-state index contributed by atoms with van der Waals surface area (Å²) in [7, 11) is 0.685. The highest BCUT2D eigenvalue weighted by molar-refractivity contribution is 6.53. The molecule has 1 unspecified atom stereocenters. The first-order chi connectivity index (χ1) is 13.7. The van der Waals surface area contributed by atoms with Crippen molar-refractivity contribution in [1.29, 1.82) is 0 Å². The van der Waals surface area contributed by atoms with Crippen LogP contribution in [0.1, 0.15) is 30.9 Å². The van der Waals surface area contributed by atoms with Crippen molar-refractivity contribution in [1.82, 2.24) is 4.90 Å². The van der Waals surface area contributed by atoms with Gasteiger partial charge in [0.2, 0.25) is 0 Å². The van der Waals surface area contributed by atoms with Crippen LogP contribution in [-0.2, 0) is 9.47 Å². The summed E-state index contributed by atoms with van der Waals surface area (Å²) < 4.78 is 11.4. The van der Waals surface area contributed by atoms with E-state index in [4.69, 9.17) is 9.47 Å². The van der Waals surface area contributed by atoms with Gasteiger partial charge in [0.15, 0.2) is 0 Å². The van der Waals surface area contributed by atoms with Crippen LogP contribution in [0.25, 0.3) is 5.57 Å². The standard InChI is InChI=1S/C24H31NO2Si/c1-20(7-6-14-25-15-17-26-18-16-25)27-19-28-24-12-10-23(11-13-24)21(2)22-8-4-3-5-9-22/h3-5,8-13,20H,2,6-7,14-19H2,1H3. The summed E-state index contributed by atoms with van der Waals surface area (Å²) in [6, 6.07) is 19.1. The molecule has 0 aromatic heterocycles. The Balaban J connectivity index is 1.35. The van der Waals surface area contributed by atoms with Crippen LogP contribution in [0.2, 0.25) is 0 Å². The van der Waals surface area contributed by atoms with E-state index in [1.54, 1.807) is 0 Å². The molecule has 28 heavy (non-hydrogen) atoms. The Morgan fingerprint density at radius 2 is 1.75 bits per heavy atom. The van der Waals surface area contributed by atoms with Crippen LogP contribution in [-0.4, -0.2) is 59.6 Å². The first-order valence-corrected chi connectivity index (χ1v) is 11.4. The Labute approximate surface area is 172 Å². The second-order valence-corrected chi connectivity index (χ2v) is 8.54. The third kappa shape index (κ3) is 6.71. The Kier molecular flexibility index (Phi) is 8.49. The van der Waals surface area contributed by atoms with E-state index in [0.717, 1.165) is 51.1 Å². The van der Waals surface area contributed by atoms with Gasteiger partial charge in [-0.25, -0.2) is 0 Å². The quantitative estimate of drug-likeness (QED) is 0.576. The molecule has 1 fully saturated rings. The maximum absolute atomic E-state index is 6.03. The molecular weight excluding hydrogens is 362 g/mol. The molecule has 3 rings (SSSR count). The molecule has 3 nitrogen and oxygen atoms in total. The Hall–Kier alpha value is -1.72. The minimum atomic E-state index is 0.325. The second-order valence-electron chi connectivity index (χ2n) is 7.32. The third-order valence-corrected chi connectivity index (χ3v) is 6.24. The molecule has 2 radical (unpaired) electrons. The normalized spacial score (nSPS) is 16.0. The fourth-order valence-corrected chi connectivity index (χ4v) is 4.31. The van der Waals surface area contributed by atoms with Gasteiger partial charge in [-0.15, -0.1) is 0 Å². The predicted molar refractivity (Wildman–Crippen MR) is 118 cm³/mol. The van der Waals surface area contributed by atoms with Crippen LogP contribution in [0.3, 0.4) is 0 Å². The molecule has 1 aliphatic rings. The van der Waals surface area contributed by atoms with Crippen molar-refractivity contribution in [2.45, 2.75) is 25.9 Å². The zero-order valence-corrected chi connectivity index (χ0v) is 17.9. The molecule has 0 saturated carbocycles. The zero-order chi connectivity index (χ0) is 19.6. The van der Waals surface area contributed by atoms with Gasteiger partial charge < -0.3 is 9.47 Å². The van der Waals surface area contributed by atoms with Crippen LogP contribution in [0, 0.1) is 0 Å². The maximum Gasteiger partial charge on any atom is 0.114 e. The van der Waals surface area contributed by atoms with Crippen LogP contribution < -0.4 is 5.19 Å². The average Bonchev–Trinajstić information content (AvgIpc) is 2.75. The highest BCUT2D eigenvalue weighted by Gasteiger charge is 2.11. The van der Waals surface area contributed by atoms with Gasteiger partial charge in [0.25, 0.3) is 0 Å². The molecule has 2 aromatic rings. The van der Waals surface area contributed by atoms with Gasteiger partial charge in [0.1, 0.15) is 9.52 Å². The summed E-state index contributed by atoms with van der Waals surface area (Å²) in [6.45, 7) is 11.5. The summed E-state index contributed by atoms with van der Waals surface area (Å²) in [5.74, 6) is 0. The topological polar surface area (TPSA) is 21.7 Å². The lowest BCUT2D eigenvalue weighted by molar-refractivity contribution is 0.0334. The van der Waals surface area contributed by atoms with Gasteiger partial charge in [0, 0.05) is 19.3 Å². The van der Waals surface area contributed by atoms with Gasteiger partial charge in [-0.1, -0.05) is 66.4 Å². The molecule has 1 saturated heterocycles. The summed E-state index contributed by atoms with van der Waals surface area (Å²) in [6.07, 6.45) is 3.45. The molecule has 148 valence electrons. The lowest BCUT2D eigenvalue weighted by Crippen LogP contribution is -2.37. The highest BCUT2D eigenvalue weighted by atomic mass is 28.2. The number of benzene rings is 2. The molecule has 0 N–H and O–H groups in total. The Bertz CT molecular complexity index is 711. The zero-order valence-electron chi connectivity index (χ0n) is 16.9. The molecule has 0 amide bonds. The van der Waals surface area contributed by atoms with Crippen LogP contribution >= 0.6 is 0 Å². The molecular formula is C24H31NO2Si. The summed E-state index contributed by atoms with van der Waals surface area (Å²) in [5.41, 5.74) is 3.42. The van der Waals surface area contributed by atoms with Crippen molar-refractivity contribution in [3.05, 3.63) is 72.3 Å². The highest BCUT2D eigenvalue weighted by Crippen LogP contribution is 2.20. The Morgan fingerprint density at radius 1 is 1.07 bits per heavy atom. The van der Waals surface area contributed by atoms with E-state index in [1.165, 1.54) is 22.7 Å². The molecule has 4 heteroatoms. The molecule has 1 heterocycles. The number of morpholine rings is 1. The van der Waals surface area contributed by atoms with E-state index in [9.17, 15) is 0 Å². The predicted octanol–water partition coefficient (Wildman–Crippen LogP) is 3.55. The third-order valence-electron chi connectivity index (χ3n) is 5.19. The van der Waals surface area contributed by atoms with Crippen molar-refractivity contribution in [2.24, 2.45) is 0 Å². The van der Waals surface area contributed by atoms with Crippen molar-refractivity contribution in [3.63, 3.8) is 0 Å². The molecule has 0 aliphatic carbocycles. The number of hydrogen-bond donors (Lipinski definition) is 0. The van der Waals surface area contributed by atoms with Crippen LogP contribution in [0.15, 0.2) is 61.2 Å². The van der Waals surface area contributed by atoms with Gasteiger partial charge in [0.05, 0.1) is 19.3 Å². The minimum absolute atomic E-state index is 0.325. The number of hydrogen-bond acceptors (Lipinski definition) is 3. The van der Waals surface area contributed by atoms with E-state index in [1.807, 2.05) is 6.07 Å². The minimum Gasteiger partial charge on any atom is -0.382 e. The van der Waals surface area contributed by atoms with E-state index in [-0.39, 0.29) is 0 Å². The lowest BCUT2D eigenvalue weighted by atomic mass is 10.00. The summed E-state index contributed by atoms with van der Waals surface area (Å²) >= 11 is 0. The fourth-order valence-electron chi connectivity index (χ4n) is 3.37. The maximum atomic E-state index is 6.03. The van der Waals surface area contributed by atoms with E-state index in [2.05, 4.69) is 66.9 Å². The molecule has 1 atom stereocenters. The van der Waals surface area contributed by atoms with E-state index in [0.29, 0.717) is 15.6 Å². The summed E-state index contributed by atoms with van der Waals surface area (Å²) in [5, 5.41) is 1.34. The molecule has 0 bridgehead atoms. The van der Waals surface area contributed by atoms with Crippen molar-refractivity contribution >= 4 is 20.3 Å². The SMILES string of the molecule is C=C(c1ccccc1)c1ccc([Si]COC(C)CCCN2CCOCC2)cc1. The van der Waals surface area contributed by atoms with Crippen molar-refractivity contribution in [3.8, 4) is 0 Å². The molecule has 0 spiro atoms. The molecule has 2 aromatic carbocycles. The number of rotatable bonds is 10. The van der Waals surface area contributed by atoms with E-state index < -0.39 is 0 Å². The van der Waals surface area contributed by atoms with Crippen molar-refractivity contribution < 1.29 is 9.47 Å². The average molecular weight is 394 g/mol.